The van der Waals surface area contributed by atoms with Crippen molar-refractivity contribution in [3.05, 3.63) is 129 Å². The number of hydrogen-bond acceptors (Lipinski definition) is 15. The van der Waals surface area contributed by atoms with E-state index in [0.29, 0.717) is 98.2 Å². The summed E-state index contributed by atoms with van der Waals surface area (Å²) < 4.78 is 30.6. The van der Waals surface area contributed by atoms with Crippen LogP contribution in [0.3, 0.4) is 0 Å². The molecule has 3 aliphatic heterocycles. The van der Waals surface area contributed by atoms with Gasteiger partial charge in [0.05, 0.1) is 49.7 Å². The molecular formula is C67H85BrN6O9S. The van der Waals surface area contributed by atoms with Crippen molar-refractivity contribution in [2.24, 2.45) is 23.7 Å². The lowest BCUT2D eigenvalue weighted by Crippen LogP contribution is -2.39. The molecule has 6 aromatic rings. The molecule has 0 bridgehead atoms. The molecule has 2 atom stereocenters. The summed E-state index contributed by atoms with van der Waals surface area (Å²) in [6, 6.07) is 29.6. The summed E-state index contributed by atoms with van der Waals surface area (Å²) in [4.78, 5) is 67.3. The van der Waals surface area contributed by atoms with Crippen molar-refractivity contribution in [2.75, 3.05) is 82.5 Å². The van der Waals surface area contributed by atoms with Gasteiger partial charge in [-0.05, 0) is 214 Å². The average molecular weight is 1230 g/mol. The van der Waals surface area contributed by atoms with Crippen LogP contribution in [-0.2, 0) is 36.8 Å². The minimum Gasteiger partial charge on any atom is -0.493 e. The standard InChI is InChI=1S/C47H55N5O6S.C20H30BrNO3/c1-7-56-42(53)29-51-24-20-32(21-25-51)30(2)23-27-57-39-16-11-13-34(31(39)3)35-18-19-41(49-43(35)45(55)58-47(4,5)6)52-26-22-33-12-10-14-36(37(33)28-52)44(54)50-46-48-38-15-8-9-17-40(38)59-46;1-4-24-20(23)14-22-11-8-17(9-12-22)15(2)10-13-25-19-7-5-6-18(21)16(19)3/h8-19,30,32H,7,20-29H2,1-6H3,(H,48,50,54);5-7,15,17H,4,8-14H2,1-3H3/t30-;15-/m11/s1. The van der Waals surface area contributed by atoms with Gasteiger partial charge in [-0.25, -0.2) is 14.8 Å². The Morgan fingerprint density at radius 2 is 1.27 bits per heavy atom. The van der Waals surface area contributed by atoms with Gasteiger partial charge in [-0.3, -0.25) is 29.5 Å². The molecule has 0 unspecified atom stereocenters. The fourth-order valence-electron chi connectivity index (χ4n) is 11.5. The van der Waals surface area contributed by atoms with Crippen molar-refractivity contribution >= 4 is 72.2 Å². The number of aromatic nitrogens is 2. The van der Waals surface area contributed by atoms with Crippen LogP contribution in [0.25, 0.3) is 21.3 Å². The van der Waals surface area contributed by atoms with E-state index in [1.54, 1.807) is 0 Å². The predicted molar refractivity (Wildman–Crippen MR) is 337 cm³/mol. The first-order valence-corrected chi connectivity index (χ1v) is 31.6. The number of likely N-dealkylation sites (tertiary alicyclic amines) is 2. The van der Waals surface area contributed by atoms with Crippen LogP contribution in [0.1, 0.15) is 130 Å². The summed E-state index contributed by atoms with van der Waals surface area (Å²) in [5.41, 5.74) is 6.57. The molecule has 1 amide bonds. The van der Waals surface area contributed by atoms with Gasteiger partial charge in [0, 0.05) is 34.3 Å². The topological polar surface area (TPSA) is 162 Å². The second kappa shape index (κ2) is 30.1. The van der Waals surface area contributed by atoms with Crippen LogP contribution in [-0.4, -0.2) is 121 Å². The Kier molecular flexibility index (Phi) is 22.8. The molecule has 84 heavy (non-hydrogen) atoms. The second-order valence-corrected chi connectivity index (χ2v) is 25.4. The molecule has 9 rings (SSSR count). The molecule has 450 valence electrons. The number of carbonyl (C=O) groups excluding carboxylic acids is 4. The Morgan fingerprint density at radius 3 is 1.87 bits per heavy atom. The molecule has 1 N–H and O–H groups in total. The largest absolute Gasteiger partial charge is 0.493 e. The fraction of sp³-hybridized carbons (Fsp3) is 0.493. The molecule has 2 aromatic heterocycles. The number of thiazole rings is 1. The van der Waals surface area contributed by atoms with Crippen LogP contribution in [0.5, 0.6) is 11.5 Å². The number of halogens is 1. The molecule has 0 radical (unpaired) electrons. The lowest BCUT2D eigenvalue weighted by Gasteiger charge is -2.34. The van der Waals surface area contributed by atoms with Crippen molar-refractivity contribution in [1.82, 2.24) is 19.8 Å². The summed E-state index contributed by atoms with van der Waals surface area (Å²) in [5.74, 6) is 3.80. The summed E-state index contributed by atoms with van der Waals surface area (Å²) in [6.45, 7) is 25.8. The summed E-state index contributed by atoms with van der Waals surface area (Å²) in [7, 11) is 0. The Labute approximate surface area is 509 Å². The number of pyridine rings is 1. The number of nitrogens with zero attached hydrogens (tertiary/aromatic N) is 5. The highest BCUT2D eigenvalue weighted by atomic mass is 79.9. The second-order valence-electron chi connectivity index (χ2n) is 23.5. The first kappa shape index (κ1) is 63.6. The summed E-state index contributed by atoms with van der Waals surface area (Å²) in [6.07, 6.45) is 7.10. The van der Waals surface area contributed by atoms with Crippen LogP contribution in [0.4, 0.5) is 10.9 Å². The molecule has 2 saturated heterocycles. The average Bonchev–Trinajstić information content (AvgIpc) is 3.34. The van der Waals surface area contributed by atoms with Crippen LogP contribution in [0.15, 0.2) is 95.5 Å². The minimum absolute atomic E-state index is 0.105. The third kappa shape index (κ3) is 17.4. The first-order chi connectivity index (χ1) is 40.4. The Hall–Kier alpha value is -6.40. The van der Waals surface area contributed by atoms with Crippen molar-refractivity contribution in [3.63, 3.8) is 0 Å². The Morgan fingerprint density at radius 1 is 0.690 bits per heavy atom. The van der Waals surface area contributed by atoms with Crippen LogP contribution < -0.4 is 19.7 Å². The highest BCUT2D eigenvalue weighted by molar-refractivity contribution is 9.10. The van der Waals surface area contributed by atoms with E-state index in [2.05, 4.69) is 67.8 Å². The van der Waals surface area contributed by atoms with Crippen molar-refractivity contribution < 1.29 is 42.9 Å². The van der Waals surface area contributed by atoms with E-state index in [1.165, 1.54) is 11.3 Å². The van der Waals surface area contributed by atoms with Gasteiger partial charge in [-0.1, -0.05) is 83.6 Å². The van der Waals surface area contributed by atoms with Crippen molar-refractivity contribution in [2.45, 2.75) is 119 Å². The molecule has 0 saturated carbocycles. The maximum atomic E-state index is 13.9. The van der Waals surface area contributed by atoms with E-state index in [4.69, 9.17) is 28.7 Å². The van der Waals surface area contributed by atoms with E-state index in [0.717, 1.165) is 125 Å². The molecule has 0 spiro atoms. The van der Waals surface area contributed by atoms with Crippen molar-refractivity contribution in [1.29, 1.82) is 0 Å². The molecule has 3 aliphatic rings. The number of carbonyl (C=O) groups is 4. The monoisotopic (exact) mass is 1230 g/mol. The highest BCUT2D eigenvalue weighted by Crippen LogP contribution is 2.37. The number of piperidine rings is 2. The third-order valence-electron chi connectivity index (χ3n) is 16.5. The normalized spacial score (nSPS) is 16.0. The number of hydrogen-bond donors (Lipinski definition) is 1. The lowest BCUT2D eigenvalue weighted by atomic mass is 9.84. The zero-order valence-corrected chi connectivity index (χ0v) is 53.0. The van der Waals surface area contributed by atoms with Crippen LogP contribution in [0, 0.1) is 37.5 Å². The third-order valence-corrected chi connectivity index (χ3v) is 18.3. The van der Waals surface area contributed by atoms with E-state index >= 15 is 0 Å². The first-order valence-electron chi connectivity index (χ1n) is 30.0. The maximum absolute atomic E-state index is 13.9. The zero-order chi connectivity index (χ0) is 59.9. The number of anilines is 2. The van der Waals surface area contributed by atoms with Gasteiger partial charge in [0.2, 0.25) is 0 Å². The number of rotatable bonds is 21. The predicted octanol–water partition coefficient (Wildman–Crippen LogP) is 13.6. The van der Waals surface area contributed by atoms with Gasteiger partial charge < -0.3 is 28.6 Å². The number of para-hydroxylation sites is 1. The molecule has 0 aliphatic carbocycles. The molecular weight excluding hydrogens is 1140 g/mol. The quantitative estimate of drug-likeness (QED) is 0.0535. The maximum Gasteiger partial charge on any atom is 0.358 e. The Bertz CT molecular complexity index is 3170. The van der Waals surface area contributed by atoms with Gasteiger partial charge in [-0.2, -0.15) is 0 Å². The van der Waals surface area contributed by atoms with E-state index in [-0.39, 0.29) is 23.5 Å². The number of fused-ring (bicyclic) bond motifs is 2. The minimum atomic E-state index is -0.726. The van der Waals surface area contributed by atoms with Crippen LogP contribution >= 0.6 is 27.3 Å². The molecule has 17 heteroatoms. The lowest BCUT2D eigenvalue weighted by molar-refractivity contribution is -0.145. The zero-order valence-electron chi connectivity index (χ0n) is 50.6. The summed E-state index contributed by atoms with van der Waals surface area (Å²) in [5, 5.41) is 3.58. The number of benzene rings is 4. The number of nitrogens with one attached hydrogen (secondary N) is 1. The molecule has 15 nitrogen and oxygen atoms in total. The number of esters is 3. The van der Waals surface area contributed by atoms with Gasteiger partial charge in [0.15, 0.2) is 10.8 Å². The molecule has 2 fully saturated rings. The number of amides is 1. The van der Waals surface area contributed by atoms with Crippen LogP contribution in [0.2, 0.25) is 0 Å². The van der Waals surface area contributed by atoms with E-state index in [9.17, 15) is 19.2 Å². The van der Waals surface area contributed by atoms with E-state index in [1.807, 2.05) is 126 Å². The summed E-state index contributed by atoms with van der Waals surface area (Å²) >= 11 is 4.99. The van der Waals surface area contributed by atoms with E-state index < -0.39 is 11.6 Å². The van der Waals surface area contributed by atoms with Gasteiger partial charge in [-0.15, -0.1) is 0 Å². The Balaban J connectivity index is 0.000000307. The van der Waals surface area contributed by atoms with Crippen molar-refractivity contribution in [3.8, 4) is 22.6 Å². The number of ether oxygens (including phenoxy) is 5. The van der Waals surface area contributed by atoms with Gasteiger partial charge >= 0.3 is 17.9 Å². The molecule has 4 aromatic carbocycles. The smallest absolute Gasteiger partial charge is 0.358 e. The highest BCUT2D eigenvalue weighted by Gasteiger charge is 2.30. The molecule has 5 heterocycles. The SMILES string of the molecule is CCOC(=O)CN1CCC([C@H](C)CCOc2cccc(-c3ccc(N4CCc5cccc(C(=O)Nc6nc7ccccc7s6)c5C4)nc3C(=O)OC(C)(C)C)c2C)CC1.CCOC(=O)CN1CCC([C@H](C)CCOc2cccc(Br)c2C)CC1. The van der Waals surface area contributed by atoms with Gasteiger partial charge in [0.25, 0.3) is 5.91 Å². The fourth-order valence-corrected chi connectivity index (χ4v) is 12.7. The van der Waals surface area contributed by atoms with Gasteiger partial charge in [0.1, 0.15) is 22.9 Å².